The molecule has 1 unspecified atom stereocenters. The first kappa shape index (κ1) is 13.7. The third kappa shape index (κ3) is 2.92. The van der Waals surface area contributed by atoms with Crippen molar-refractivity contribution in [3.05, 3.63) is 71.3 Å². The lowest BCUT2D eigenvalue weighted by Crippen LogP contribution is -2.18. The fourth-order valence-corrected chi connectivity index (χ4v) is 2.65. The molecule has 1 aliphatic rings. The lowest BCUT2D eigenvalue weighted by atomic mass is 10.0. The van der Waals surface area contributed by atoms with Crippen molar-refractivity contribution in [3.8, 4) is 0 Å². The minimum Gasteiger partial charge on any atom is -0.267 e. The molecule has 0 spiro atoms. The average Bonchev–Trinajstić information content (AvgIpc) is 2.68. The Balaban J connectivity index is 2.03. The summed E-state index contributed by atoms with van der Waals surface area (Å²) < 4.78 is 14.4. The molecule has 0 saturated carbocycles. The van der Waals surface area contributed by atoms with Gasteiger partial charge in [-0.2, -0.15) is 0 Å². The quantitative estimate of drug-likeness (QED) is 0.727. The van der Waals surface area contributed by atoms with E-state index >= 15 is 0 Å². The SMILES string of the molecule is O=C(/N=C1/c2ccccc2CCCC1F)c1ccccc1. The highest BCUT2D eigenvalue weighted by molar-refractivity contribution is 6.13. The van der Waals surface area contributed by atoms with E-state index in [4.69, 9.17) is 0 Å². The second-order valence-corrected chi connectivity index (χ2v) is 5.19. The first-order valence-corrected chi connectivity index (χ1v) is 7.16. The van der Waals surface area contributed by atoms with Gasteiger partial charge in [0.25, 0.3) is 5.91 Å². The molecule has 2 aromatic rings. The molecule has 0 radical (unpaired) electrons. The molecule has 1 aliphatic carbocycles. The molecule has 1 atom stereocenters. The molecule has 0 saturated heterocycles. The van der Waals surface area contributed by atoms with Gasteiger partial charge in [0.1, 0.15) is 6.17 Å². The summed E-state index contributed by atoms with van der Waals surface area (Å²) in [4.78, 5) is 16.3. The van der Waals surface area contributed by atoms with Crippen LogP contribution in [0, 0.1) is 0 Å². The summed E-state index contributed by atoms with van der Waals surface area (Å²) in [6.07, 6.45) is 0.836. The zero-order valence-corrected chi connectivity index (χ0v) is 11.6. The Morgan fingerprint density at radius 1 is 1.05 bits per heavy atom. The van der Waals surface area contributed by atoms with Crippen molar-refractivity contribution in [1.82, 2.24) is 0 Å². The summed E-state index contributed by atoms with van der Waals surface area (Å²) >= 11 is 0. The van der Waals surface area contributed by atoms with Crippen LogP contribution in [0.5, 0.6) is 0 Å². The second-order valence-electron chi connectivity index (χ2n) is 5.19. The van der Waals surface area contributed by atoms with Crippen LogP contribution in [0.15, 0.2) is 59.6 Å². The van der Waals surface area contributed by atoms with Gasteiger partial charge in [0, 0.05) is 11.1 Å². The number of carbonyl (C=O) groups excluding carboxylic acids is 1. The summed E-state index contributed by atoms with van der Waals surface area (Å²) in [5.74, 6) is -0.384. The van der Waals surface area contributed by atoms with Crippen LogP contribution in [0.25, 0.3) is 0 Å². The van der Waals surface area contributed by atoms with E-state index < -0.39 is 6.17 Å². The van der Waals surface area contributed by atoms with Crippen molar-refractivity contribution in [3.63, 3.8) is 0 Å². The maximum absolute atomic E-state index is 14.4. The van der Waals surface area contributed by atoms with Crippen molar-refractivity contribution < 1.29 is 9.18 Å². The van der Waals surface area contributed by atoms with Gasteiger partial charge in [0.05, 0.1) is 5.71 Å². The molecule has 0 bridgehead atoms. The number of aryl methyl sites for hydroxylation is 1. The minimum atomic E-state index is -1.18. The third-order valence-corrected chi connectivity index (χ3v) is 3.74. The van der Waals surface area contributed by atoms with Crippen molar-refractivity contribution in [2.75, 3.05) is 0 Å². The van der Waals surface area contributed by atoms with E-state index in [-0.39, 0.29) is 11.6 Å². The van der Waals surface area contributed by atoms with Gasteiger partial charge in [-0.05, 0) is 37.0 Å². The van der Waals surface area contributed by atoms with E-state index in [2.05, 4.69) is 4.99 Å². The summed E-state index contributed by atoms with van der Waals surface area (Å²) in [5, 5.41) is 0. The van der Waals surface area contributed by atoms with Crippen molar-refractivity contribution in [2.45, 2.75) is 25.4 Å². The molecule has 2 nitrogen and oxygen atoms in total. The van der Waals surface area contributed by atoms with Gasteiger partial charge in [-0.3, -0.25) is 4.79 Å². The molecule has 0 N–H and O–H groups in total. The highest BCUT2D eigenvalue weighted by atomic mass is 19.1. The van der Waals surface area contributed by atoms with E-state index in [1.165, 1.54) is 0 Å². The van der Waals surface area contributed by atoms with Crippen LogP contribution in [0.2, 0.25) is 0 Å². The van der Waals surface area contributed by atoms with Crippen LogP contribution >= 0.6 is 0 Å². The minimum absolute atomic E-state index is 0.275. The number of benzene rings is 2. The van der Waals surface area contributed by atoms with Gasteiger partial charge < -0.3 is 0 Å². The van der Waals surface area contributed by atoms with Gasteiger partial charge in [-0.25, -0.2) is 9.38 Å². The topological polar surface area (TPSA) is 29.4 Å². The molecule has 3 rings (SSSR count). The van der Waals surface area contributed by atoms with E-state index in [0.717, 1.165) is 24.0 Å². The Bertz CT molecular complexity index is 679. The summed E-state index contributed by atoms with van der Waals surface area (Å²) in [6.45, 7) is 0. The predicted molar refractivity (Wildman–Crippen MR) is 81.6 cm³/mol. The van der Waals surface area contributed by atoms with E-state index in [9.17, 15) is 9.18 Å². The van der Waals surface area contributed by atoms with Crippen LogP contribution in [0.4, 0.5) is 4.39 Å². The Hall–Kier alpha value is -2.29. The molecule has 2 aromatic carbocycles. The Morgan fingerprint density at radius 2 is 1.76 bits per heavy atom. The number of hydrogen-bond donors (Lipinski definition) is 0. The largest absolute Gasteiger partial charge is 0.277 e. The molecule has 21 heavy (non-hydrogen) atoms. The number of halogens is 1. The van der Waals surface area contributed by atoms with E-state index in [1.807, 2.05) is 30.3 Å². The number of alkyl halides is 1. The molecule has 0 aliphatic heterocycles. The Morgan fingerprint density at radius 3 is 2.57 bits per heavy atom. The van der Waals surface area contributed by atoms with Crippen LogP contribution < -0.4 is 0 Å². The zero-order chi connectivity index (χ0) is 14.7. The second kappa shape index (κ2) is 6.00. The lowest BCUT2D eigenvalue weighted by molar-refractivity contribution is 0.100. The van der Waals surface area contributed by atoms with Crippen LogP contribution in [-0.4, -0.2) is 17.8 Å². The van der Waals surface area contributed by atoms with Crippen molar-refractivity contribution >= 4 is 11.6 Å². The molecule has 0 heterocycles. The standard InChI is InChI=1S/C18H16FNO/c19-16-12-6-10-13-7-4-5-11-15(13)17(16)20-18(21)14-8-2-1-3-9-14/h1-5,7-9,11,16H,6,10,12H2/b20-17-. The van der Waals surface area contributed by atoms with Crippen molar-refractivity contribution in [2.24, 2.45) is 4.99 Å². The van der Waals surface area contributed by atoms with Crippen LogP contribution in [0.1, 0.15) is 34.3 Å². The predicted octanol–water partition coefficient (Wildman–Crippen LogP) is 3.99. The lowest BCUT2D eigenvalue weighted by Gasteiger charge is -2.10. The molecule has 106 valence electrons. The summed E-state index contributed by atoms with van der Waals surface area (Å²) in [6, 6.07) is 16.4. The van der Waals surface area contributed by atoms with Crippen molar-refractivity contribution in [1.29, 1.82) is 0 Å². The highest BCUT2D eigenvalue weighted by Gasteiger charge is 2.24. The number of fused-ring (bicyclic) bond motifs is 1. The normalized spacial score (nSPS) is 19.9. The van der Waals surface area contributed by atoms with Gasteiger partial charge in [-0.1, -0.05) is 42.5 Å². The summed E-state index contributed by atoms with van der Waals surface area (Å²) in [7, 11) is 0. The molecular weight excluding hydrogens is 265 g/mol. The van der Waals surface area contributed by atoms with Crippen LogP contribution in [-0.2, 0) is 6.42 Å². The number of nitrogens with zero attached hydrogens (tertiary/aromatic N) is 1. The van der Waals surface area contributed by atoms with E-state index in [0.29, 0.717) is 12.0 Å². The highest BCUT2D eigenvalue weighted by Crippen LogP contribution is 2.23. The maximum atomic E-state index is 14.4. The first-order valence-electron chi connectivity index (χ1n) is 7.16. The summed E-state index contributed by atoms with van der Waals surface area (Å²) in [5.41, 5.74) is 2.60. The zero-order valence-electron chi connectivity index (χ0n) is 11.6. The number of amides is 1. The van der Waals surface area contributed by atoms with Gasteiger partial charge in [-0.15, -0.1) is 0 Å². The molecular formula is C18H16FNO. The number of aliphatic imine (C=N–C) groups is 1. The number of rotatable bonds is 1. The number of carbonyl (C=O) groups is 1. The Kier molecular flexibility index (Phi) is 3.91. The molecule has 0 aromatic heterocycles. The molecule has 1 amide bonds. The average molecular weight is 281 g/mol. The molecule has 3 heteroatoms. The monoisotopic (exact) mass is 281 g/mol. The van der Waals surface area contributed by atoms with E-state index in [1.54, 1.807) is 24.3 Å². The van der Waals surface area contributed by atoms with Crippen LogP contribution in [0.3, 0.4) is 0 Å². The first-order chi connectivity index (χ1) is 10.3. The van der Waals surface area contributed by atoms with Gasteiger partial charge in [0.2, 0.25) is 0 Å². The fraction of sp³-hybridized carbons (Fsp3) is 0.222. The van der Waals surface area contributed by atoms with Gasteiger partial charge >= 0.3 is 0 Å². The molecule has 0 fully saturated rings. The third-order valence-electron chi connectivity index (χ3n) is 3.74. The Labute approximate surface area is 123 Å². The smallest absolute Gasteiger partial charge is 0.267 e. The number of hydrogen-bond acceptors (Lipinski definition) is 1. The maximum Gasteiger partial charge on any atom is 0.277 e. The van der Waals surface area contributed by atoms with Gasteiger partial charge in [0.15, 0.2) is 0 Å². The fourth-order valence-electron chi connectivity index (χ4n) is 2.65.